The van der Waals surface area contributed by atoms with E-state index in [-0.39, 0.29) is 11.9 Å². The normalized spacial score (nSPS) is 21.7. The van der Waals surface area contributed by atoms with Crippen molar-refractivity contribution in [2.45, 2.75) is 19.4 Å². The molecule has 1 aromatic carbocycles. The molecule has 0 bridgehead atoms. The molecule has 0 amide bonds. The largest absolute Gasteiger partial charge is 0.310 e. The highest BCUT2D eigenvalue weighted by atomic mass is 79.9. The highest BCUT2D eigenvalue weighted by Gasteiger charge is 2.17. The minimum absolute atomic E-state index is 0.0677. The maximum Gasteiger partial charge on any atom is 0.128 e. The first-order valence-electron chi connectivity index (χ1n) is 5.93. The molecule has 1 aliphatic rings. The summed E-state index contributed by atoms with van der Waals surface area (Å²) in [5.41, 5.74) is 0.741. The van der Waals surface area contributed by atoms with Crippen LogP contribution in [0.15, 0.2) is 22.7 Å². The van der Waals surface area contributed by atoms with Crippen LogP contribution in [0.3, 0.4) is 0 Å². The molecule has 1 saturated heterocycles. The summed E-state index contributed by atoms with van der Waals surface area (Å²) in [4.78, 5) is 0. The Morgan fingerprint density at radius 2 is 2.41 bits per heavy atom. The van der Waals surface area contributed by atoms with Crippen molar-refractivity contribution >= 4 is 27.7 Å². The summed E-state index contributed by atoms with van der Waals surface area (Å²) < 4.78 is 14.6. The standard InChI is InChI=1S/C13H17BrFNS/c1-9(16-7-10-4-5-17-8-10)12-6-11(14)2-3-13(12)15/h2-3,6,9-10,16H,4-5,7-8H2,1H3. The van der Waals surface area contributed by atoms with E-state index in [4.69, 9.17) is 0 Å². The van der Waals surface area contributed by atoms with Crippen molar-refractivity contribution in [2.24, 2.45) is 5.92 Å². The van der Waals surface area contributed by atoms with Gasteiger partial charge in [-0.3, -0.25) is 0 Å². The number of nitrogens with one attached hydrogen (secondary N) is 1. The predicted molar refractivity (Wildman–Crippen MR) is 75.9 cm³/mol. The molecule has 1 nitrogen and oxygen atoms in total. The molecule has 1 N–H and O–H groups in total. The second-order valence-electron chi connectivity index (χ2n) is 4.53. The predicted octanol–water partition coefficient (Wildman–Crippen LogP) is 3.99. The second kappa shape index (κ2) is 6.21. The first kappa shape index (κ1) is 13.4. The number of benzene rings is 1. The molecule has 0 radical (unpaired) electrons. The van der Waals surface area contributed by atoms with Gasteiger partial charge in [0.25, 0.3) is 0 Å². The Kier molecular flexibility index (Phi) is 4.88. The summed E-state index contributed by atoms with van der Waals surface area (Å²) in [5.74, 6) is 3.12. The molecule has 2 rings (SSSR count). The van der Waals surface area contributed by atoms with E-state index in [0.717, 1.165) is 22.5 Å². The van der Waals surface area contributed by atoms with Crippen LogP contribution in [0, 0.1) is 11.7 Å². The van der Waals surface area contributed by atoms with Crippen LogP contribution in [0.5, 0.6) is 0 Å². The first-order chi connectivity index (χ1) is 8.16. The van der Waals surface area contributed by atoms with Gasteiger partial charge in [0.05, 0.1) is 0 Å². The zero-order chi connectivity index (χ0) is 12.3. The van der Waals surface area contributed by atoms with E-state index in [1.165, 1.54) is 24.0 Å². The van der Waals surface area contributed by atoms with Crippen LogP contribution in [0.25, 0.3) is 0 Å². The van der Waals surface area contributed by atoms with Crippen LogP contribution in [0.2, 0.25) is 0 Å². The van der Waals surface area contributed by atoms with E-state index in [1.54, 1.807) is 6.07 Å². The molecule has 1 aliphatic heterocycles. The molecular formula is C13H17BrFNS. The van der Waals surface area contributed by atoms with Crippen LogP contribution < -0.4 is 5.32 Å². The topological polar surface area (TPSA) is 12.0 Å². The van der Waals surface area contributed by atoms with E-state index >= 15 is 0 Å². The van der Waals surface area contributed by atoms with Crippen molar-refractivity contribution < 1.29 is 4.39 Å². The Balaban J connectivity index is 1.93. The van der Waals surface area contributed by atoms with Gasteiger partial charge in [0.2, 0.25) is 0 Å². The third-order valence-electron chi connectivity index (χ3n) is 3.16. The van der Waals surface area contributed by atoms with Crippen molar-refractivity contribution in [1.29, 1.82) is 0 Å². The molecule has 1 aromatic rings. The summed E-state index contributed by atoms with van der Waals surface area (Å²) in [6.45, 7) is 3.01. The van der Waals surface area contributed by atoms with Crippen LogP contribution in [0.1, 0.15) is 24.9 Å². The Bertz CT molecular complexity index is 380. The van der Waals surface area contributed by atoms with Gasteiger partial charge in [-0.15, -0.1) is 0 Å². The summed E-state index contributed by atoms with van der Waals surface area (Å²) in [6, 6.07) is 5.18. The van der Waals surface area contributed by atoms with Gasteiger partial charge < -0.3 is 5.32 Å². The summed E-state index contributed by atoms with van der Waals surface area (Å²) >= 11 is 5.40. The summed E-state index contributed by atoms with van der Waals surface area (Å²) in [6.07, 6.45) is 1.28. The lowest BCUT2D eigenvalue weighted by Crippen LogP contribution is -2.26. The first-order valence-corrected chi connectivity index (χ1v) is 7.87. The zero-order valence-electron chi connectivity index (χ0n) is 9.88. The lowest BCUT2D eigenvalue weighted by molar-refractivity contribution is 0.464. The van der Waals surface area contributed by atoms with E-state index in [2.05, 4.69) is 21.2 Å². The molecule has 0 aliphatic carbocycles. The fourth-order valence-electron chi connectivity index (χ4n) is 2.04. The fraction of sp³-hybridized carbons (Fsp3) is 0.538. The minimum atomic E-state index is -0.131. The van der Waals surface area contributed by atoms with Crippen LogP contribution in [-0.2, 0) is 0 Å². The maximum absolute atomic E-state index is 13.7. The van der Waals surface area contributed by atoms with Gasteiger partial charge in [0.15, 0.2) is 0 Å². The quantitative estimate of drug-likeness (QED) is 0.901. The Labute approximate surface area is 115 Å². The van der Waals surface area contributed by atoms with Gasteiger partial charge in [0, 0.05) is 16.1 Å². The average molecular weight is 318 g/mol. The smallest absolute Gasteiger partial charge is 0.128 e. The van der Waals surface area contributed by atoms with Crippen LogP contribution in [-0.4, -0.2) is 18.1 Å². The highest BCUT2D eigenvalue weighted by Crippen LogP contribution is 2.25. The Morgan fingerprint density at radius 3 is 3.12 bits per heavy atom. The SMILES string of the molecule is CC(NCC1CCSC1)c1cc(Br)ccc1F. The monoisotopic (exact) mass is 317 g/mol. The molecule has 0 spiro atoms. The number of rotatable bonds is 4. The molecular weight excluding hydrogens is 301 g/mol. The van der Waals surface area contributed by atoms with E-state index in [1.807, 2.05) is 24.8 Å². The molecule has 0 aromatic heterocycles. The van der Waals surface area contributed by atoms with Crippen LogP contribution >= 0.6 is 27.7 Å². The van der Waals surface area contributed by atoms with Crippen molar-refractivity contribution in [1.82, 2.24) is 5.32 Å². The van der Waals surface area contributed by atoms with Gasteiger partial charge in [-0.1, -0.05) is 15.9 Å². The van der Waals surface area contributed by atoms with Gasteiger partial charge in [-0.2, -0.15) is 11.8 Å². The molecule has 94 valence electrons. The van der Waals surface area contributed by atoms with E-state index in [9.17, 15) is 4.39 Å². The molecule has 2 unspecified atom stereocenters. The molecule has 1 fully saturated rings. The molecule has 17 heavy (non-hydrogen) atoms. The van der Waals surface area contributed by atoms with Crippen molar-refractivity contribution in [3.63, 3.8) is 0 Å². The average Bonchev–Trinajstić information content (AvgIpc) is 2.82. The van der Waals surface area contributed by atoms with E-state index in [0.29, 0.717) is 0 Å². The maximum atomic E-state index is 13.7. The second-order valence-corrected chi connectivity index (χ2v) is 6.59. The number of halogens is 2. The van der Waals surface area contributed by atoms with Crippen molar-refractivity contribution in [3.05, 3.63) is 34.1 Å². The van der Waals surface area contributed by atoms with Crippen molar-refractivity contribution in [2.75, 3.05) is 18.1 Å². The van der Waals surface area contributed by atoms with Gasteiger partial charge in [-0.05, 0) is 55.5 Å². The summed E-state index contributed by atoms with van der Waals surface area (Å²) in [7, 11) is 0. The number of hydrogen-bond donors (Lipinski definition) is 1. The number of hydrogen-bond acceptors (Lipinski definition) is 2. The molecule has 1 heterocycles. The molecule has 0 saturated carbocycles. The van der Waals surface area contributed by atoms with Crippen LogP contribution in [0.4, 0.5) is 4.39 Å². The highest BCUT2D eigenvalue weighted by molar-refractivity contribution is 9.10. The molecule has 4 heteroatoms. The van der Waals surface area contributed by atoms with Gasteiger partial charge in [-0.25, -0.2) is 4.39 Å². The molecule has 2 atom stereocenters. The number of thioether (sulfide) groups is 1. The Hall–Kier alpha value is -0.0600. The zero-order valence-corrected chi connectivity index (χ0v) is 12.3. The minimum Gasteiger partial charge on any atom is -0.310 e. The van der Waals surface area contributed by atoms with Crippen molar-refractivity contribution in [3.8, 4) is 0 Å². The third-order valence-corrected chi connectivity index (χ3v) is 4.89. The lowest BCUT2D eigenvalue weighted by atomic mass is 10.1. The Morgan fingerprint density at radius 1 is 1.59 bits per heavy atom. The van der Waals surface area contributed by atoms with Gasteiger partial charge in [0.1, 0.15) is 5.82 Å². The van der Waals surface area contributed by atoms with E-state index < -0.39 is 0 Å². The van der Waals surface area contributed by atoms with Gasteiger partial charge >= 0.3 is 0 Å². The lowest BCUT2D eigenvalue weighted by Gasteiger charge is -2.18. The summed E-state index contributed by atoms with van der Waals surface area (Å²) in [5, 5.41) is 3.43. The fourth-order valence-corrected chi connectivity index (χ4v) is 3.71. The third kappa shape index (κ3) is 3.70.